The molecule has 0 saturated carbocycles. The zero-order valence-corrected chi connectivity index (χ0v) is 9.38. The molecule has 0 spiro atoms. The molecule has 6 nitrogen and oxygen atoms in total. The van der Waals surface area contributed by atoms with E-state index in [1.165, 1.54) is 18.3 Å². The highest BCUT2D eigenvalue weighted by atomic mass is 16.4. The molecule has 0 aliphatic carbocycles. The van der Waals surface area contributed by atoms with Gasteiger partial charge in [-0.3, -0.25) is 9.78 Å². The van der Waals surface area contributed by atoms with Gasteiger partial charge in [0, 0.05) is 25.1 Å². The number of H-pyrrole nitrogens is 1. The second kappa shape index (κ2) is 5.13. The maximum atomic E-state index is 11.8. The third-order valence-corrected chi connectivity index (χ3v) is 2.37. The van der Waals surface area contributed by atoms with E-state index >= 15 is 0 Å². The first kappa shape index (κ1) is 11.8. The number of aromatic amines is 1. The van der Waals surface area contributed by atoms with Gasteiger partial charge in [0.15, 0.2) is 0 Å². The molecule has 18 heavy (non-hydrogen) atoms. The topological polar surface area (TPSA) is 95.1 Å². The molecule has 0 saturated heterocycles. The number of carboxylic acids is 1. The molecule has 0 aliphatic heterocycles. The predicted octanol–water partition coefficient (Wildman–Crippen LogP) is 1.04. The average molecular weight is 245 g/mol. The van der Waals surface area contributed by atoms with Gasteiger partial charge in [-0.1, -0.05) is 0 Å². The lowest BCUT2D eigenvalue weighted by atomic mass is 10.2. The number of nitrogens with one attached hydrogen (secondary N) is 2. The molecular weight excluding hydrogens is 234 g/mol. The summed E-state index contributed by atoms with van der Waals surface area (Å²) >= 11 is 0. The number of carbonyl (C=O) groups excluding carboxylic acids is 1. The monoisotopic (exact) mass is 245 g/mol. The maximum absolute atomic E-state index is 11.8. The summed E-state index contributed by atoms with van der Waals surface area (Å²) in [6, 6.07) is 4.64. The van der Waals surface area contributed by atoms with Crippen LogP contribution >= 0.6 is 0 Å². The molecule has 0 fully saturated rings. The van der Waals surface area contributed by atoms with Crippen LogP contribution in [0.3, 0.4) is 0 Å². The Morgan fingerprint density at radius 1 is 1.39 bits per heavy atom. The van der Waals surface area contributed by atoms with E-state index < -0.39 is 11.9 Å². The first-order chi connectivity index (χ1) is 8.68. The number of rotatable bonds is 4. The fraction of sp³-hybridized carbons (Fsp3) is 0.0833. The maximum Gasteiger partial charge on any atom is 0.338 e. The van der Waals surface area contributed by atoms with E-state index in [0.29, 0.717) is 6.54 Å². The van der Waals surface area contributed by atoms with Crippen LogP contribution in [0.5, 0.6) is 0 Å². The van der Waals surface area contributed by atoms with E-state index in [1.54, 1.807) is 12.4 Å². The number of nitrogens with zero attached hydrogens (tertiary/aromatic N) is 1. The number of hydrogen-bond acceptors (Lipinski definition) is 3. The summed E-state index contributed by atoms with van der Waals surface area (Å²) in [4.78, 5) is 29.4. The lowest BCUT2D eigenvalue weighted by molar-refractivity contribution is 0.0690. The molecule has 0 aliphatic rings. The van der Waals surface area contributed by atoms with Crippen LogP contribution in [0.15, 0.2) is 36.8 Å². The first-order valence-corrected chi connectivity index (χ1v) is 5.26. The molecule has 0 unspecified atom stereocenters. The number of aromatic nitrogens is 2. The van der Waals surface area contributed by atoms with E-state index in [0.717, 1.165) is 5.56 Å². The molecule has 2 heterocycles. The highest BCUT2D eigenvalue weighted by Gasteiger charge is 2.17. The lowest BCUT2D eigenvalue weighted by Gasteiger charge is -2.05. The summed E-state index contributed by atoms with van der Waals surface area (Å²) in [5, 5.41) is 11.6. The van der Waals surface area contributed by atoms with Crippen LogP contribution in [0, 0.1) is 0 Å². The van der Waals surface area contributed by atoms with Crippen LogP contribution in [0.2, 0.25) is 0 Å². The zero-order valence-electron chi connectivity index (χ0n) is 9.38. The van der Waals surface area contributed by atoms with Crippen molar-refractivity contribution in [3.05, 3.63) is 53.6 Å². The summed E-state index contributed by atoms with van der Waals surface area (Å²) in [5.74, 6) is -1.68. The fourth-order valence-corrected chi connectivity index (χ4v) is 1.49. The van der Waals surface area contributed by atoms with Crippen molar-refractivity contribution in [3.63, 3.8) is 0 Å². The number of carboxylic acid groups (broad SMARTS) is 1. The molecule has 2 aromatic rings. The van der Waals surface area contributed by atoms with Crippen LogP contribution in [0.4, 0.5) is 0 Å². The Morgan fingerprint density at radius 3 is 2.89 bits per heavy atom. The summed E-state index contributed by atoms with van der Waals surface area (Å²) in [7, 11) is 0. The normalized spacial score (nSPS) is 10.0. The third kappa shape index (κ3) is 2.54. The number of amides is 1. The van der Waals surface area contributed by atoms with Gasteiger partial charge in [0.05, 0.1) is 5.56 Å². The Kier molecular flexibility index (Phi) is 3.38. The highest BCUT2D eigenvalue weighted by Crippen LogP contribution is 2.05. The molecule has 92 valence electrons. The van der Waals surface area contributed by atoms with E-state index in [-0.39, 0.29) is 11.3 Å². The Hall–Kier alpha value is -2.63. The van der Waals surface area contributed by atoms with E-state index in [9.17, 15) is 9.59 Å². The molecule has 2 aromatic heterocycles. The number of hydrogen-bond donors (Lipinski definition) is 3. The average Bonchev–Trinajstić information content (AvgIpc) is 2.89. The van der Waals surface area contributed by atoms with Gasteiger partial charge in [0.25, 0.3) is 5.91 Å². The third-order valence-electron chi connectivity index (χ3n) is 2.37. The van der Waals surface area contributed by atoms with Crippen molar-refractivity contribution < 1.29 is 14.7 Å². The van der Waals surface area contributed by atoms with Gasteiger partial charge in [-0.2, -0.15) is 0 Å². The molecule has 0 atom stereocenters. The van der Waals surface area contributed by atoms with E-state index in [1.807, 2.05) is 6.07 Å². The Balaban J connectivity index is 2.11. The molecular formula is C12H11N3O3. The fourth-order valence-electron chi connectivity index (χ4n) is 1.49. The quantitative estimate of drug-likeness (QED) is 0.749. The summed E-state index contributed by atoms with van der Waals surface area (Å²) in [6.07, 6.45) is 4.87. The van der Waals surface area contributed by atoms with Gasteiger partial charge in [-0.15, -0.1) is 0 Å². The van der Waals surface area contributed by atoms with Crippen LogP contribution in [0.1, 0.15) is 26.4 Å². The van der Waals surface area contributed by atoms with E-state index in [2.05, 4.69) is 15.3 Å². The molecule has 0 bridgehead atoms. The SMILES string of the molecule is O=C(O)c1cccnc1C(=O)NCc1cc[nH]c1. The molecule has 1 amide bonds. The predicted molar refractivity (Wildman–Crippen MR) is 63.2 cm³/mol. The Bertz CT molecular complexity index is 564. The standard InChI is InChI=1S/C12H11N3O3/c16-11(15-7-8-3-5-13-6-8)10-9(12(17)18)2-1-4-14-10/h1-6,13H,7H2,(H,15,16)(H,17,18). The van der Waals surface area contributed by atoms with Crippen LogP contribution in [-0.2, 0) is 6.54 Å². The summed E-state index contributed by atoms with van der Waals surface area (Å²) < 4.78 is 0. The van der Waals surface area contributed by atoms with E-state index in [4.69, 9.17) is 5.11 Å². The van der Waals surface area contributed by atoms with Gasteiger partial charge in [0.1, 0.15) is 5.69 Å². The van der Waals surface area contributed by atoms with Gasteiger partial charge in [-0.25, -0.2) is 4.79 Å². The second-order valence-corrected chi connectivity index (χ2v) is 3.61. The van der Waals surface area contributed by atoms with Crippen molar-refractivity contribution in [2.24, 2.45) is 0 Å². The first-order valence-electron chi connectivity index (χ1n) is 5.26. The van der Waals surface area contributed by atoms with Crippen LogP contribution in [-0.4, -0.2) is 27.0 Å². The largest absolute Gasteiger partial charge is 0.478 e. The second-order valence-electron chi connectivity index (χ2n) is 3.61. The highest BCUT2D eigenvalue weighted by molar-refractivity contribution is 6.03. The van der Waals surface area contributed by atoms with Crippen molar-refractivity contribution in [1.29, 1.82) is 0 Å². The van der Waals surface area contributed by atoms with Crippen molar-refractivity contribution in [1.82, 2.24) is 15.3 Å². The van der Waals surface area contributed by atoms with Crippen molar-refractivity contribution >= 4 is 11.9 Å². The number of carbonyl (C=O) groups is 2. The number of pyridine rings is 1. The molecule has 6 heteroatoms. The molecule has 0 radical (unpaired) electrons. The molecule has 0 aromatic carbocycles. The van der Waals surface area contributed by atoms with Crippen LogP contribution < -0.4 is 5.32 Å². The minimum atomic E-state index is -1.17. The smallest absolute Gasteiger partial charge is 0.338 e. The molecule has 3 N–H and O–H groups in total. The lowest BCUT2D eigenvalue weighted by Crippen LogP contribution is -2.25. The van der Waals surface area contributed by atoms with Crippen LogP contribution in [0.25, 0.3) is 0 Å². The van der Waals surface area contributed by atoms with Crippen molar-refractivity contribution in [2.75, 3.05) is 0 Å². The minimum Gasteiger partial charge on any atom is -0.478 e. The summed E-state index contributed by atoms with van der Waals surface area (Å²) in [5.41, 5.74) is 0.709. The molecule has 2 rings (SSSR count). The Labute approximate surface area is 103 Å². The minimum absolute atomic E-state index is 0.0828. The van der Waals surface area contributed by atoms with Gasteiger partial charge in [0.2, 0.25) is 0 Å². The summed E-state index contributed by atoms with van der Waals surface area (Å²) in [6.45, 7) is 0.317. The van der Waals surface area contributed by atoms with Gasteiger partial charge < -0.3 is 15.4 Å². The van der Waals surface area contributed by atoms with Gasteiger partial charge >= 0.3 is 5.97 Å². The zero-order chi connectivity index (χ0) is 13.0. The van der Waals surface area contributed by atoms with Crippen molar-refractivity contribution in [2.45, 2.75) is 6.54 Å². The number of aromatic carboxylic acids is 1. The van der Waals surface area contributed by atoms with Crippen molar-refractivity contribution in [3.8, 4) is 0 Å². The van der Waals surface area contributed by atoms with Gasteiger partial charge in [-0.05, 0) is 23.8 Å². The Morgan fingerprint density at radius 2 is 2.22 bits per heavy atom.